The summed E-state index contributed by atoms with van der Waals surface area (Å²) in [5.41, 5.74) is 1.93. The minimum absolute atomic E-state index is 0.288. The molecule has 0 radical (unpaired) electrons. The molecule has 0 unspecified atom stereocenters. The molecule has 4 nitrogen and oxygen atoms in total. The summed E-state index contributed by atoms with van der Waals surface area (Å²) in [6.07, 6.45) is 1.50. The van der Waals surface area contributed by atoms with E-state index >= 15 is 0 Å². The first kappa shape index (κ1) is 5.40. The van der Waals surface area contributed by atoms with Gasteiger partial charge < -0.3 is 0 Å². The van der Waals surface area contributed by atoms with Crippen LogP contribution in [0.15, 0.2) is 0 Å². The second kappa shape index (κ2) is 4.40. The average molecular weight is 105 g/mol. The van der Waals surface area contributed by atoms with E-state index in [0.717, 1.165) is 0 Å². The molecule has 0 aromatic carbocycles. The number of hydrogen-bond acceptors (Lipinski definition) is 3. The standard InChI is InChI=1S/CH3N3OS/c2-1-3-4-6-5/h3,6H,(H,4,5). The highest BCUT2D eigenvalue weighted by atomic mass is 32.2. The van der Waals surface area contributed by atoms with Crippen LogP contribution in [0, 0.1) is 11.5 Å². The second-order valence-electron chi connectivity index (χ2n) is 0.440. The summed E-state index contributed by atoms with van der Waals surface area (Å²) in [6.45, 7) is 0. The number of hydrogen-bond donors (Lipinski definition) is 3. The van der Waals surface area contributed by atoms with Crippen LogP contribution in [-0.4, -0.2) is 4.21 Å². The first-order valence-corrected chi connectivity index (χ1v) is 1.94. The van der Waals surface area contributed by atoms with Gasteiger partial charge >= 0.3 is 0 Å². The van der Waals surface area contributed by atoms with Gasteiger partial charge in [0.1, 0.15) is 0 Å². The summed E-state index contributed by atoms with van der Waals surface area (Å²) in [6, 6.07) is 0. The monoisotopic (exact) mass is 105 g/mol. The van der Waals surface area contributed by atoms with Gasteiger partial charge in [-0.15, -0.1) is 4.83 Å². The van der Waals surface area contributed by atoms with Crippen molar-refractivity contribution >= 4 is 11.9 Å². The van der Waals surface area contributed by atoms with E-state index in [9.17, 15) is 4.21 Å². The molecule has 0 bridgehead atoms. The quantitative estimate of drug-likeness (QED) is 0.130. The van der Waals surface area contributed by atoms with Gasteiger partial charge in [0.2, 0.25) is 0 Å². The van der Waals surface area contributed by atoms with Crippen molar-refractivity contribution in [1.29, 1.82) is 5.26 Å². The lowest BCUT2D eigenvalue weighted by molar-refractivity contribution is 0.679. The van der Waals surface area contributed by atoms with Crippen LogP contribution in [-0.2, 0) is 11.9 Å². The number of nitrogens with zero attached hydrogens (tertiary/aromatic N) is 1. The highest BCUT2D eigenvalue weighted by Crippen LogP contribution is 1.29. The number of nitriles is 1. The fourth-order valence-corrected chi connectivity index (χ4v) is 0.143. The molecular weight excluding hydrogens is 102 g/mol. The Morgan fingerprint density at radius 2 is 2.50 bits per heavy atom. The lowest BCUT2D eigenvalue weighted by atomic mass is 11.4. The van der Waals surface area contributed by atoms with E-state index in [1.165, 1.54) is 6.19 Å². The maximum atomic E-state index is 9.34. The third-order valence-corrected chi connectivity index (χ3v) is 0.361. The van der Waals surface area contributed by atoms with Crippen molar-refractivity contribution in [3.8, 4) is 6.19 Å². The molecule has 0 rings (SSSR count). The van der Waals surface area contributed by atoms with E-state index in [2.05, 4.69) is 0 Å². The molecule has 0 heterocycles. The Morgan fingerprint density at radius 1 is 1.83 bits per heavy atom. The summed E-state index contributed by atoms with van der Waals surface area (Å²) in [4.78, 5) is 2.00. The summed E-state index contributed by atoms with van der Waals surface area (Å²) in [5.74, 6) is 0. The Hall–Kier alpha value is -0.600. The maximum Gasteiger partial charge on any atom is 0.193 e. The van der Waals surface area contributed by atoms with Gasteiger partial charge in [0.25, 0.3) is 0 Å². The zero-order valence-corrected chi connectivity index (χ0v) is 3.70. The Morgan fingerprint density at radius 3 is 2.67 bits per heavy atom. The summed E-state index contributed by atoms with van der Waals surface area (Å²) >= 11 is -0.288. The smallest absolute Gasteiger partial charge is 0.193 e. The minimum Gasteiger partial charge on any atom is -0.246 e. The molecule has 0 spiro atoms. The largest absolute Gasteiger partial charge is 0.246 e. The molecule has 0 aliphatic heterocycles. The molecule has 6 heavy (non-hydrogen) atoms. The average Bonchev–Trinajstić information content (AvgIpc) is 1.61. The molecule has 0 aliphatic rings. The van der Waals surface area contributed by atoms with Gasteiger partial charge in [-0.2, -0.15) is 5.26 Å². The van der Waals surface area contributed by atoms with Crippen LogP contribution in [0.2, 0.25) is 0 Å². The highest BCUT2D eigenvalue weighted by molar-refractivity contribution is 7.63. The van der Waals surface area contributed by atoms with Gasteiger partial charge in [-0.25, -0.2) is 9.63 Å². The Kier molecular flexibility index (Phi) is 3.96. The molecule has 2 N–H and O–H groups in total. The Labute approximate surface area is 38.7 Å². The highest BCUT2D eigenvalue weighted by Gasteiger charge is 1.61. The van der Waals surface area contributed by atoms with Crippen molar-refractivity contribution < 1.29 is 4.21 Å². The van der Waals surface area contributed by atoms with Crippen LogP contribution >= 0.6 is 0 Å². The number of rotatable bonds is 2. The zero-order chi connectivity index (χ0) is 4.83. The van der Waals surface area contributed by atoms with E-state index in [4.69, 9.17) is 5.26 Å². The van der Waals surface area contributed by atoms with Crippen molar-refractivity contribution in [3.63, 3.8) is 0 Å². The van der Waals surface area contributed by atoms with Crippen molar-refractivity contribution in [1.82, 2.24) is 10.3 Å². The van der Waals surface area contributed by atoms with Crippen molar-refractivity contribution in [3.05, 3.63) is 0 Å². The normalized spacial score (nSPS) is 6.50. The Bertz CT molecular complexity index is 75.4. The van der Waals surface area contributed by atoms with Crippen molar-refractivity contribution in [2.75, 3.05) is 0 Å². The van der Waals surface area contributed by atoms with Crippen molar-refractivity contribution in [2.45, 2.75) is 0 Å². The predicted molar refractivity (Wildman–Crippen MR) is 21.4 cm³/mol. The lowest BCUT2D eigenvalue weighted by Crippen LogP contribution is -2.21. The molecule has 0 saturated heterocycles. The third-order valence-electron chi connectivity index (χ3n) is 0.157. The third kappa shape index (κ3) is 3.40. The molecule has 0 aliphatic carbocycles. The zero-order valence-electron chi connectivity index (χ0n) is 2.80. The van der Waals surface area contributed by atoms with E-state index in [0.29, 0.717) is 0 Å². The summed E-state index contributed by atoms with van der Waals surface area (Å²) in [7, 11) is 0. The van der Waals surface area contributed by atoms with Gasteiger partial charge in [0.05, 0.1) is 11.9 Å². The molecule has 0 atom stereocenters. The lowest BCUT2D eigenvalue weighted by Gasteiger charge is -1.79. The van der Waals surface area contributed by atoms with Crippen molar-refractivity contribution in [2.24, 2.45) is 0 Å². The van der Waals surface area contributed by atoms with Crippen LogP contribution in [0.1, 0.15) is 0 Å². The molecule has 34 valence electrons. The van der Waals surface area contributed by atoms with Crippen LogP contribution in [0.3, 0.4) is 0 Å². The molecule has 0 fully saturated rings. The molecule has 0 saturated carbocycles. The van der Waals surface area contributed by atoms with Gasteiger partial charge in [-0.05, 0) is 0 Å². The second-order valence-corrected chi connectivity index (χ2v) is 0.846. The number of nitrogens with one attached hydrogen (secondary N) is 2. The first-order chi connectivity index (χ1) is 2.91. The fraction of sp³-hybridized carbons (Fsp3) is 0. The fourth-order valence-electron chi connectivity index (χ4n) is 0.0478. The van der Waals surface area contributed by atoms with Gasteiger partial charge in [-0.1, -0.05) is 0 Å². The SMILES string of the molecule is N#CNN[SH]=O. The molecular formula is CH3N3OS. The van der Waals surface area contributed by atoms with E-state index in [1.807, 2.05) is 10.3 Å². The van der Waals surface area contributed by atoms with Gasteiger partial charge in [0, 0.05) is 0 Å². The van der Waals surface area contributed by atoms with Crippen LogP contribution in [0.25, 0.3) is 0 Å². The summed E-state index contributed by atoms with van der Waals surface area (Å²) in [5, 5.41) is 7.63. The molecule has 5 heteroatoms. The predicted octanol–water partition coefficient (Wildman–Crippen LogP) is -1.58. The minimum atomic E-state index is -0.288. The number of hydrazine groups is 1. The van der Waals surface area contributed by atoms with E-state index < -0.39 is 0 Å². The van der Waals surface area contributed by atoms with E-state index in [-0.39, 0.29) is 11.9 Å². The van der Waals surface area contributed by atoms with E-state index in [1.54, 1.807) is 0 Å². The van der Waals surface area contributed by atoms with Gasteiger partial charge in [0.15, 0.2) is 6.19 Å². The Balaban J connectivity index is 2.72. The first-order valence-electron chi connectivity index (χ1n) is 1.13. The molecule has 0 aromatic heterocycles. The summed E-state index contributed by atoms with van der Waals surface area (Å²) < 4.78 is 9.34. The van der Waals surface area contributed by atoms with Gasteiger partial charge in [-0.3, -0.25) is 0 Å². The molecule has 0 aromatic rings. The maximum absolute atomic E-state index is 9.34. The van der Waals surface area contributed by atoms with Crippen LogP contribution < -0.4 is 10.3 Å². The van der Waals surface area contributed by atoms with Crippen LogP contribution in [0.5, 0.6) is 0 Å². The molecule has 0 amide bonds. The topological polar surface area (TPSA) is 64.9 Å². The van der Waals surface area contributed by atoms with Crippen LogP contribution in [0.4, 0.5) is 0 Å². The number of thiol groups is 1.